The first kappa shape index (κ1) is 14.9. The van der Waals surface area contributed by atoms with Crippen LogP contribution < -0.4 is 5.32 Å². The van der Waals surface area contributed by atoms with Gasteiger partial charge in [-0.05, 0) is 26.3 Å². The van der Waals surface area contributed by atoms with Crippen LogP contribution in [0.4, 0.5) is 0 Å². The van der Waals surface area contributed by atoms with E-state index in [1.54, 1.807) is 7.11 Å². The van der Waals surface area contributed by atoms with E-state index >= 15 is 0 Å². The van der Waals surface area contributed by atoms with E-state index in [-0.39, 0.29) is 12.2 Å². The number of rotatable bonds is 8. The average Bonchev–Trinajstić information content (AvgIpc) is 2.35. The van der Waals surface area contributed by atoms with Gasteiger partial charge < -0.3 is 24.6 Å². The number of piperidine rings is 1. The summed E-state index contributed by atoms with van der Waals surface area (Å²) in [6, 6.07) is 0. The second-order valence-electron chi connectivity index (χ2n) is 4.55. The molecule has 2 N–H and O–H groups in total. The van der Waals surface area contributed by atoms with Gasteiger partial charge in [-0.2, -0.15) is 0 Å². The van der Waals surface area contributed by atoms with Crippen molar-refractivity contribution in [3.8, 4) is 0 Å². The summed E-state index contributed by atoms with van der Waals surface area (Å²) in [7, 11) is 1.63. The van der Waals surface area contributed by atoms with Crippen LogP contribution in [-0.2, 0) is 14.2 Å². The minimum absolute atomic E-state index is 0.00555. The van der Waals surface area contributed by atoms with Crippen LogP contribution in [0, 0.1) is 0 Å². The molecule has 1 fully saturated rings. The van der Waals surface area contributed by atoms with Crippen molar-refractivity contribution in [3.05, 3.63) is 0 Å². The Morgan fingerprint density at radius 2 is 2.18 bits per heavy atom. The van der Waals surface area contributed by atoms with Crippen LogP contribution in [0.5, 0.6) is 0 Å². The van der Waals surface area contributed by atoms with E-state index in [0.29, 0.717) is 19.8 Å². The zero-order chi connectivity index (χ0) is 12.5. The normalized spacial score (nSPS) is 24.5. The highest BCUT2D eigenvalue weighted by molar-refractivity contribution is 4.69. The summed E-state index contributed by atoms with van der Waals surface area (Å²) in [5.41, 5.74) is 0. The number of hydrogen-bond donors (Lipinski definition) is 2. The van der Waals surface area contributed by atoms with Gasteiger partial charge in [-0.3, -0.25) is 0 Å². The third-order valence-corrected chi connectivity index (χ3v) is 2.75. The van der Waals surface area contributed by atoms with E-state index in [4.69, 9.17) is 14.2 Å². The molecule has 0 aliphatic carbocycles. The van der Waals surface area contributed by atoms with E-state index in [9.17, 15) is 5.11 Å². The zero-order valence-corrected chi connectivity index (χ0v) is 10.9. The molecule has 0 aromatic rings. The first-order valence-electron chi connectivity index (χ1n) is 6.33. The molecule has 0 amide bonds. The number of ether oxygens (including phenoxy) is 3. The van der Waals surface area contributed by atoms with Gasteiger partial charge in [-0.1, -0.05) is 0 Å². The lowest BCUT2D eigenvalue weighted by atomic mass is 10.1. The van der Waals surface area contributed by atoms with Crippen molar-refractivity contribution in [3.63, 3.8) is 0 Å². The Kier molecular flexibility index (Phi) is 7.72. The fourth-order valence-corrected chi connectivity index (χ4v) is 1.82. The van der Waals surface area contributed by atoms with Crippen molar-refractivity contribution in [2.75, 3.05) is 40.0 Å². The number of hydrogen-bond acceptors (Lipinski definition) is 5. The van der Waals surface area contributed by atoms with Gasteiger partial charge in [0.1, 0.15) is 6.10 Å². The van der Waals surface area contributed by atoms with Crippen molar-refractivity contribution >= 4 is 0 Å². The van der Waals surface area contributed by atoms with Crippen molar-refractivity contribution in [1.29, 1.82) is 0 Å². The van der Waals surface area contributed by atoms with Crippen molar-refractivity contribution < 1.29 is 19.3 Å². The average molecular weight is 247 g/mol. The summed E-state index contributed by atoms with van der Waals surface area (Å²) < 4.78 is 16.0. The van der Waals surface area contributed by atoms with Gasteiger partial charge in [-0.25, -0.2) is 0 Å². The summed E-state index contributed by atoms with van der Waals surface area (Å²) in [5, 5.41) is 13.0. The number of nitrogens with one attached hydrogen (secondary N) is 1. The highest BCUT2D eigenvalue weighted by Crippen LogP contribution is 2.06. The van der Waals surface area contributed by atoms with Crippen LogP contribution >= 0.6 is 0 Å². The fraction of sp³-hybridized carbons (Fsp3) is 1.00. The third-order valence-electron chi connectivity index (χ3n) is 2.75. The van der Waals surface area contributed by atoms with E-state index < -0.39 is 6.10 Å². The summed E-state index contributed by atoms with van der Waals surface area (Å²) >= 11 is 0. The molecule has 1 heterocycles. The second-order valence-corrected chi connectivity index (χ2v) is 4.55. The van der Waals surface area contributed by atoms with Crippen LogP contribution in [0.25, 0.3) is 0 Å². The molecular weight excluding hydrogens is 222 g/mol. The first-order valence-corrected chi connectivity index (χ1v) is 6.33. The van der Waals surface area contributed by atoms with Gasteiger partial charge in [-0.15, -0.1) is 0 Å². The predicted octanol–water partition coefficient (Wildman–Crippen LogP) is 0.167. The molecule has 1 aliphatic heterocycles. The standard InChI is InChI=1S/C12H25NO4/c1-10(7-15-2)16-8-11(14)9-17-12-4-3-5-13-6-12/h10-14H,3-9H2,1-2H3/t10?,11?,12-/m0/s1. The third kappa shape index (κ3) is 6.95. The molecule has 5 heteroatoms. The maximum Gasteiger partial charge on any atom is 0.101 e. The topological polar surface area (TPSA) is 60.0 Å². The number of aliphatic hydroxyl groups is 1. The maximum atomic E-state index is 9.69. The van der Waals surface area contributed by atoms with Gasteiger partial charge in [0.25, 0.3) is 0 Å². The Balaban J connectivity index is 2.01. The molecule has 0 radical (unpaired) electrons. The van der Waals surface area contributed by atoms with Gasteiger partial charge in [0.05, 0.1) is 32.0 Å². The summed E-state index contributed by atoms with van der Waals surface area (Å²) in [6.45, 7) is 5.05. The summed E-state index contributed by atoms with van der Waals surface area (Å²) in [5.74, 6) is 0. The lowest BCUT2D eigenvalue weighted by molar-refractivity contribution is -0.0727. The molecule has 102 valence electrons. The Labute approximate surface area is 103 Å². The van der Waals surface area contributed by atoms with Gasteiger partial charge in [0.2, 0.25) is 0 Å². The summed E-state index contributed by atoms with van der Waals surface area (Å²) in [6.07, 6.45) is 1.89. The molecule has 1 aliphatic rings. The molecule has 2 unspecified atom stereocenters. The number of aliphatic hydroxyl groups excluding tert-OH is 1. The Hall–Kier alpha value is -0.200. The molecule has 0 bridgehead atoms. The molecule has 0 saturated carbocycles. The van der Waals surface area contributed by atoms with Crippen LogP contribution in [0.1, 0.15) is 19.8 Å². The minimum atomic E-state index is -0.559. The van der Waals surface area contributed by atoms with Crippen molar-refractivity contribution in [2.45, 2.75) is 38.1 Å². The fourth-order valence-electron chi connectivity index (χ4n) is 1.82. The predicted molar refractivity (Wildman–Crippen MR) is 65.1 cm³/mol. The highest BCUT2D eigenvalue weighted by atomic mass is 16.5. The highest BCUT2D eigenvalue weighted by Gasteiger charge is 2.15. The van der Waals surface area contributed by atoms with Crippen molar-refractivity contribution in [2.24, 2.45) is 0 Å². The Morgan fingerprint density at radius 1 is 1.35 bits per heavy atom. The maximum absolute atomic E-state index is 9.69. The lowest BCUT2D eigenvalue weighted by Crippen LogP contribution is -2.37. The van der Waals surface area contributed by atoms with E-state index in [1.807, 2.05) is 6.92 Å². The van der Waals surface area contributed by atoms with Gasteiger partial charge >= 0.3 is 0 Å². The Morgan fingerprint density at radius 3 is 2.82 bits per heavy atom. The van der Waals surface area contributed by atoms with Crippen LogP contribution in [0.15, 0.2) is 0 Å². The van der Waals surface area contributed by atoms with E-state index in [2.05, 4.69) is 5.32 Å². The zero-order valence-electron chi connectivity index (χ0n) is 10.9. The van der Waals surface area contributed by atoms with E-state index in [1.165, 1.54) is 0 Å². The lowest BCUT2D eigenvalue weighted by Gasteiger charge is -2.24. The quantitative estimate of drug-likeness (QED) is 0.640. The second kappa shape index (κ2) is 8.83. The Bertz CT molecular complexity index is 185. The molecule has 0 spiro atoms. The molecule has 5 nitrogen and oxygen atoms in total. The van der Waals surface area contributed by atoms with Gasteiger partial charge in [0.15, 0.2) is 0 Å². The molecule has 0 aromatic carbocycles. The van der Waals surface area contributed by atoms with E-state index in [0.717, 1.165) is 25.9 Å². The summed E-state index contributed by atoms with van der Waals surface area (Å²) in [4.78, 5) is 0. The molecule has 0 aromatic heterocycles. The monoisotopic (exact) mass is 247 g/mol. The molecular formula is C12H25NO4. The smallest absolute Gasteiger partial charge is 0.101 e. The van der Waals surface area contributed by atoms with Crippen LogP contribution in [0.3, 0.4) is 0 Å². The van der Waals surface area contributed by atoms with Crippen LogP contribution in [0.2, 0.25) is 0 Å². The van der Waals surface area contributed by atoms with Gasteiger partial charge in [0, 0.05) is 13.7 Å². The SMILES string of the molecule is COCC(C)OCC(O)CO[C@H]1CCCNC1. The molecule has 17 heavy (non-hydrogen) atoms. The minimum Gasteiger partial charge on any atom is -0.388 e. The molecule has 1 saturated heterocycles. The first-order chi connectivity index (χ1) is 8.22. The van der Waals surface area contributed by atoms with Crippen LogP contribution in [-0.4, -0.2) is 63.4 Å². The largest absolute Gasteiger partial charge is 0.388 e. The molecule has 1 rings (SSSR count). The number of methoxy groups -OCH3 is 1. The molecule has 3 atom stereocenters. The van der Waals surface area contributed by atoms with Crippen molar-refractivity contribution in [1.82, 2.24) is 5.32 Å².